The van der Waals surface area contributed by atoms with Gasteiger partial charge in [-0.3, -0.25) is 0 Å². The van der Waals surface area contributed by atoms with Crippen LogP contribution in [0.3, 0.4) is 0 Å². The van der Waals surface area contributed by atoms with E-state index in [9.17, 15) is 0 Å². The summed E-state index contributed by atoms with van der Waals surface area (Å²) in [5.41, 5.74) is 6.06. The Morgan fingerprint density at radius 3 is 3.20 bits per heavy atom. The quantitative estimate of drug-likeness (QED) is 0.580. The normalized spacial score (nSPS) is 10.4. The minimum atomic E-state index is 0.448. The van der Waals surface area contributed by atoms with E-state index < -0.39 is 0 Å². The molecule has 2 N–H and O–H groups in total. The smallest absolute Gasteiger partial charge is 0.172 e. The highest BCUT2D eigenvalue weighted by molar-refractivity contribution is 5.76. The average Bonchev–Trinajstić information content (AvgIpc) is 2.33. The third-order valence-electron chi connectivity index (χ3n) is 1.26. The number of anilines is 1. The zero-order valence-electron chi connectivity index (χ0n) is 5.11. The van der Waals surface area contributed by atoms with Crippen LogP contribution in [0.25, 0.3) is 11.0 Å². The fraction of sp³-hybridized carbons (Fsp3) is 0. The molecule has 0 aliphatic carbocycles. The van der Waals surface area contributed by atoms with Crippen LogP contribution >= 0.6 is 0 Å². The first kappa shape index (κ1) is 5.22. The topological polar surface area (TPSA) is 64.9 Å². The summed E-state index contributed by atoms with van der Waals surface area (Å²) in [6.07, 6.45) is 3.23. The SMILES string of the molecule is Nc1cc2oncc2cn1. The molecule has 10 heavy (non-hydrogen) atoms. The average molecular weight is 135 g/mol. The van der Waals surface area contributed by atoms with Crippen LogP contribution in [0.1, 0.15) is 0 Å². The van der Waals surface area contributed by atoms with E-state index in [2.05, 4.69) is 10.1 Å². The van der Waals surface area contributed by atoms with Crippen molar-refractivity contribution < 1.29 is 4.52 Å². The maximum Gasteiger partial charge on any atom is 0.172 e. The van der Waals surface area contributed by atoms with Gasteiger partial charge >= 0.3 is 0 Å². The van der Waals surface area contributed by atoms with Gasteiger partial charge in [0.25, 0.3) is 0 Å². The van der Waals surface area contributed by atoms with Crippen LogP contribution in [0, 0.1) is 0 Å². The molecule has 2 rings (SSSR count). The molecule has 0 atom stereocenters. The third kappa shape index (κ3) is 0.621. The van der Waals surface area contributed by atoms with Gasteiger partial charge < -0.3 is 10.3 Å². The molecule has 0 radical (unpaired) electrons. The van der Waals surface area contributed by atoms with Crippen molar-refractivity contribution in [3.8, 4) is 0 Å². The fourth-order valence-corrected chi connectivity index (χ4v) is 0.779. The van der Waals surface area contributed by atoms with Crippen LogP contribution in [0.15, 0.2) is 23.0 Å². The van der Waals surface area contributed by atoms with Crippen molar-refractivity contribution in [2.45, 2.75) is 0 Å². The Hall–Kier alpha value is -1.58. The van der Waals surface area contributed by atoms with Gasteiger partial charge in [0, 0.05) is 12.3 Å². The minimum Gasteiger partial charge on any atom is -0.384 e. The van der Waals surface area contributed by atoms with E-state index in [0.29, 0.717) is 11.4 Å². The molecular formula is C6H5N3O. The molecule has 0 unspecified atom stereocenters. The van der Waals surface area contributed by atoms with Gasteiger partial charge in [-0.2, -0.15) is 0 Å². The standard InChI is InChI=1S/C6H5N3O/c7-6-1-5-4(2-8-6)3-9-10-5/h1-3H,(H2,7,8). The molecular weight excluding hydrogens is 130 g/mol. The predicted octanol–water partition coefficient (Wildman–Crippen LogP) is 0.805. The number of nitrogens with zero attached hydrogens (tertiary/aromatic N) is 2. The molecule has 2 aromatic heterocycles. The number of fused-ring (bicyclic) bond motifs is 1. The van der Waals surface area contributed by atoms with E-state index in [4.69, 9.17) is 10.3 Å². The summed E-state index contributed by atoms with van der Waals surface area (Å²) in [6, 6.07) is 1.64. The van der Waals surface area contributed by atoms with Gasteiger partial charge in [-0.1, -0.05) is 5.16 Å². The van der Waals surface area contributed by atoms with Crippen molar-refractivity contribution in [2.75, 3.05) is 5.73 Å². The number of aromatic nitrogens is 2. The summed E-state index contributed by atoms with van der Waals surface area (Å²) in [5, 5.41) is 4.44. The van der Waals surface area contributed by atoms with Gasteiger partial charge in [0.15, 0.2) is 5.58 Å². The van der Waals surface area contributed by atoms with E-state index in [1.807, 2.05) is 0 Å². The first-order valence-corrected chi connectivity index (χ1v) is 2.82. The molecule has 0 amide bonds. The summed E-state index contributed by atoms with van der Waals surface area (Å²) in [5.74, 6) is 0.448. The molecule has 4 heteroatoms. The van der Waals surface area contributed by atoms with E-state index in [1.54, 1.807) is 18.5 Å². The van der Waals surface area contributed by atoms with Crippen molar-refractivity contribution >= 4 is 16.8 Å². The first-order chi connectivity index (χ1) is 4.86. The molecule has 2 heterocycles. The van der Waals surface area contributed by atoms with Gasteiger partial charge in [-0.15, -0.1) is 0 Å². The number of pyridine rings is 1. The molecule has 0 bridgehead atoms. The number of nitrogens with two attached hydrogens (primary N) is 1. The Labute approximate surface area is 56.6 Å². The van der Waals surface area contributed by atoms with Crippen LogP contribution in [0.2, 0.25) is 0 Å². The van der Waals surface area contributed by atoms with Crippen LogP contribution < -0.4 is 5.73 Å². The Bertz CT molecular complexity index is 355. The summed E-state index contributed by atoms with van der Waals surface area (Å²) in [4.78, 5) is 3.86. The molecule has 4 nitrogen and oxygen atoms in total. The molecule has 2 aromatic rings. The van der Waals surface area contributed by atoms with Crippen molar-refractivity contribution in [2.24, 2.45) is 0 Å². The van der Waals surface area contributed by atoms with Crippen LogP contribution in [-0.2, 0) is 0 Å². The summed E-state index contributed by atoms with van der Waals surface area (Å²) < 4.78 is 4.83. The third-order valence-corrected chi connectivity index (χ3v) is 1.26. The van der Waals surface area contributed by atoms with Gasteiger partial charge in [-0.05, 0) is 0 Å². The highest BCUT2D eigenvalue weighted by Crippen LogP contribution is 2.12. The molecule has 0 fully saturated rings. The van der Waals surface area contributed by atoms with Crippen molar-refractivity contribution in [3.63, 3.8) is 0 Å². The first-order valence-electron chi connectivity index (χ1n) is 2.82. The van der Waals surface area contributed by atoms with Gasteiger partial charge in [-0.25, -0.2) is 4.98 Å². The molecule has 0 aliphatic rings. The highest BCUT2D eigenvalue weighted by atomic mass is 16.5. The fourth-order valence-electron chi connectivity index (χ4n) is 0.779. The molecule has 0 aliphatic heterocycles. The van der Waals surface area contributed by atoms with Crippen LogP contribution in [0.5, 0.6) is 0 Å². The van der Waals surface area contributed by atoms with Gasteiger partial charge in [0.1, 0.15) is 5.82 Å². The van der Waals surface area contributed by atoms with E-state index in [-0.39, 0.29) is 0 Å². The zero-order valence-corrected chi connectivity index (χ0v) is 5.11. The van der Waals surface area contributed by atoms with Crippen molar-refractivity contribution in [1.82, 2.24) is 10.1 Å². The molecule has 0 saturated heterocycles. The lowest BCUT2D eigenvalue weighted by molar-refractivity contribution is 0.456. The van der Waals surface area contributed by atoms with Gasteiger partial charge in [0.05, 0.1) is 11.6 Å². The molecule has 50 valence electrons. The lowest BCUT2D eigenvalue weighted by Gasteiger charge is -1.87. The second-order valence-corrected chi connectivity index (χ2v) is 1.97. The lowest BCUT2D eigenvalue weighted by atomic mass is 10.3. The summed E-state index contributed by atoms with van der Waals surface area (Å²) >= 11 is 0. The van der Waals surface area contributed by atoms with E-state index >= 15 is 0 Å². The van der Waals surface area contributed by atoms with Crippen molar-refractivity contribution in [1.29, 1.82) is 0 Å². The Morgan fingerprint density at radius 1 is 1.40 bits per heavy atom. The zero-order chi connectivity index (χ0) is 6.97. The van der Waals surface area contributed by atoms with Gasteiger partial charge in [0.2, 0.25) is 0 Å². The second kappa shape index (κ2) is 1.70. The second-order valence-electron chi connectivity index (χ2n) is 1.97. The van der Waals surface area contributed by atoms with Crippen molar-refractivity contribution in [3.05, 3.63) is 18.5 Å². The highest BCUT2D eigenvalue weighted by Gasteiger charge is 1.96. The largest absolute Gasteiger partial charge is 0.384 e. The van der Waals surface area contributed by atoms with Crippen LogP contribution in [0.4, 0.5) is 5.82 Å². The molecule has 0 saturated carbocycles. The van der Waals surface area contributed by atoms with E-state index in [0.717, 1.165) is 5.39 Å². The lowest BCUT2D eigenvalue weighted by Crippen LogP contribution is -1.86. The Morgan fingerprint density at radius 2 is 2.30 bits per heavy atom. The Kier molecular flexibility index (Phi) is 0.887. The predicted molar refractivity (Wildman–Crippen MR) is 36.2 cm³/mol. The maximum absolute atomic E-state index is 5.38. The number of rotatable bonds is 0. The van der Waals surface area contributed by atoms with Crippen LogP contribution in [-0.4, -0.2) is 10.1 Å². The maximum atomic E-state index is 5.38. The summed E-state index contributed by atoms with van der Waals surface area (Å²) in [6.45, 7) is 0. The Balaban J connectivity index is 2.86. The number of nitrogen functional groups attached to an aromatic ring is 1. The minimum absolute atomic E-state index is 0.448. The summed E-state index contributed by atoms with van der Waals surface area (Å²) in [7, 11) is 0. The molecule has 0 aromatic carbocycles. The number of hydrogen-bond acceptors (Lipinski definition) is 4. The molecule has 0 spiro atoms. The van der Waals surface area contributed by atoms with E-state index in [1.165, 1.54) is 0 Å². The number of hydrogen-bond donors (Lipinski definition) is 1. The monoisotopic (exact) mass is 135 g/mol.